The first kappa shape index (κ1) is 17.2. The predicted octanol–water partition coefficient (Wildman–Crippen LogP) is 3.59. The Kier molecular flexibility index (Phi) is 5.15. The highest BCUT2D eigenvalue weighted by Gasteiger charge is 2.26. The highest BCUT2D eigenvalue weighted by Crippen LogP contribution is 2.24. The minimum Gasteiger partial charge on any atom is -0.347 e. The van der Waals surface area contributed by atoms with Gasteiger partial charge in [-0.1, -0.05) is 32.9 Å². The van der Waals surface area contributed by atoms with E-state index in [1.54, 1.807) is 18.2 Å². The molecule has 0 fully saturated rings. The first-order chi connectivity index (χ1) is 9.57. The standard InChI is InChI=1S/C17H26N2O2/c1-7-17(5,6)15(21)18-13-11-9-8-10-12(13)14(20)19-16(2,3)4/h8-11H,7H2,1-6H3,(H,18,21)(H,19,20). The molecule has 2 N–H and O–H groups in total. The molecule has 0 radical (unpaired) electrons. The summed E-state index contributed by atoms with van der Waals surface area (Å²) in [7, 11) is 0. The van der Waals surface area contributed by atoms with Crippen LogP contribution < -0.4 is 10.6 Å². The van der Waals surface area contributed by atoms with Crippen molar-refractivity contribution in [2.24, 2.45) is 5.41 Å². The summed E-state index contributed by atoms with van der Waals surface area (Å²) in [4.78, 5) is 24.6. The Balaban J connectivity index is 3.00. The zero-order chi connectivity index (χ0) is 16.3. The summed E-state index contributed by atoms with van der Waals surface area (Å²) in [6.07, 6.45) is 0.731. The van der Waals surface area contributed by atoms with E-state index in [1.807, 2.05) is 47.6 Å². The summed E-state index contributed by atoms with van der Waals surface area (Å²) < 4.78 is 0. The third kappa shape index (κ3) is 4.88. The summed E-state index contributed by atoms with van der Waals surface area (Å²) in [6.45, 7) is 11.5. The number of benzene rings is 1. The number of anilines is 1. The normalized spacial score (nSPS) is 11.9. The zero-order valence-electron chi connectivity index (χ0n) is 13.8. The molecule has 1 aromatic carbocycles. The molecule has 4 nitrogen and oxygen atoms in total. The van der Waals surface area contributed by atoms with E-state index < -0.39 is 5.41 Å². The topological polar surface area (TPSA) is 58.2 Å². The Bertz CT molecular complexity index is 528. The molecule has 0 bridgehead atoms. The van der Waals surface area contributed by atoms with Gasteiger partial charge in [0, 0.05) is 11.0 Å². The van der Waals surface area contributed by atoms with Crippen molar-refractivity contribution in [3.63, 3.8) is 0 Å². The Hall–Kier alpha value is -1.84. The summed E-state index contributed by atoms with van der Waals surface area (Å²) >= 11 is 0. The lowest BCUT2D eigenvalue weighted by Crippen LogP contribution is -2.41. The molecule has 0 aliphatic heterocycles. The summed E-state index contributed by atoms with van der Waals surface area (Å²) in [6, 6.07) is 7.07. The smallest absolute Gasteiger partial charge is 0.253 e. The van der Waals surface area contributed by atoms with Gasteiger partial charge >= 0.3 is 0 Å². The molecule has 21 heavy (non-hydrogen) atoms. The number of carbonyl (C=O) groups excluding carboxylic acids is 2. The first-order valence-corrected chi connectivity index (χ1v) is 7.30. The quantitative estimate of drug-likeness (QED) is 0.890. The first-order valence-electron chi connectivity index (χ1n) is 7.30. The van der Waals surface area contributed by atoms with Gasteiger partial charge in [-0.3, -0.25) is 9.59 Å². The number of carbonyl (C=O) groups is 2. The minimum absolute atomic E-state index is 0.0824. The van der Waals surface area contributed by atoms with Crippen molar-refractivity contribution in [2.75, 3.05) is 5.32 Å². The second kappa shape index (κ2) is 6.29. The van der Waals surface area contributed by atoms with E-state index in [2.05, 4.69) is 10.6 Å². The highest BCUT2D eigenvalue weighted by molar-refractivity contribution is 6.05. The van der Waals surface area contributed by atoms with Crippen LogP contribution in [0.1, 0.15) is 58.3 Å². The molecule has 0 saturated carbocycles. The van der Waals surface area contributed by atoms with E-state index in [1.165, 1.54) is 0 Å². The Morgan fingerprint density at radius 1 is 1.05 bits per heavy atom. The van der Waals surface area contributed by atoms with Crippen LogP contribution in [0.5, 0.6) is 0 Å². The van der Waals surface area contributed by atoms with Crippen LogP contribution in [0.25, 0.3) is 0 Å². The van der Waals surface area contributed by atoms with Crippen molar-refractivity contribution in [1.29, 1.82) is 0 Å². The largest absolute Gasteiger partial charge is 0.347 e. The molecule has 0 saturated heterocycles. The van der Waals surface area contributed by atoms with Gasteiger partial charge in [-0.2, -0.15) is 0 Å². The van der Waals surface area contributed by atoms with Gasteiger partial charge in [0.25, 0.3) is 5.91 Å². The molecule has 4 heteroatoms. The van der Waals surface area contributed by atoms with Crippen LogP contribution in [0.3, 0.4) is 0 Å². The molecule has 0 heterocycles. The van der Waals surface area contributed by atoms with Gasteiger partial charge in [-0.15, -0.1) is 0 Å². The third-order valence-electron chi connectivity index (χ3n) is 3.41. The van der Waals surface area contributed by atoms with Crippen LogP contribution in [0.2, 0.25) is 0 Å². The van der Waals surface area contributed by atoms with Gasteiger partial charge in [-0.05, 0) is 39.3 Å². The lowest BCUT2D eigenvalue weighted by molar-refractivity contribution is -0.124. The zero-order valence-corrected chi connectivity index (χ0v) is 13.8. The molecule has 0 spiro atoms. The predicted molar refractivity (Wildman–Crippen MR) is 86.4 cm³/mol. The number of rotatable bonds is 4. The fraction of sp³-hybridized carbons (Fsp3) is 0.529. The summed E-state index contributed by atoms with van der Waals surface area (Å²) in [5, 5.41) is 5.78. The van der Waals surface area contributed by atoms with Crippen LogP contribution in [0.15, 0.2) is 24.3 Å². The van der Waals surface area contributed by atoms with Gasteiger partial charge in [0.2, 0.25) is 5.91 Å². The van der Waals surface area contributed by atoms with Crippen LogP contribution in [-0.2, 0) is 4.79 Å². The fourth-order valence-electron chi connectivity index (χ4n) is 1.65. The van der Waals surface area contributed by atoms with Crippen molar-refractivity contribution in [3.05, 3.63) is 29.8 Å². The van der Waals surface area contributed by atoms with E-state index in [0.717, 1.165) is 6.42 Å². The van der Waals surface area contributed by atoms with Gasteiger partial charge < -0.3 is 10.6 Å². The Morgan fingerprint density at radius 2 is 1.62 bits per heavy atom. The van der Waals surface area contributed by atoms with Gasteiger partial charge in [0.1, 0.15) is 0 Å². The van der Waals surface area contributed by atoms with Gasteiger partial charge in [0.05, 0.1) is 11.3 Å². The maximum Gasteiger partial charge on any atom is 0.253 e. The summed E-state index contributed by atoms with van der Waals surface area (Å²) in [5.74, 6) is -0.270. The molecule has 0 aliphatic carbocycles. The van der Waals surface area contributed by atoms with Crippen molar-refractivity contribution in [3.8, 4) is 0 Å². The maximum absolute atomic E-state index is 12.3. The van der Waals surface area contributed by atoms with Gasteiger partial charge in [-0.25, -0.2) is 0 Å². The van der Waals surface area contributed by atoms with Crippen molar-refractivity contribution in [2.45, 2.75) is 53.5 Å². The fourth-order valence-corrected chi connectivity index (χ4v) is 1.65. The molecule has 1 aromatic rings. The third-order valence-corrected chi connectivity index (χ3v) is 3.41. The lowest BCUT2D eigenvalue weighted by Gasteiger charge is -2.24. The van der Waals surface area contributed by atoms with Gasteiger partial charge in [0.15, 0.2) is 0 Å². The van der Waals surface area contributed by atoms with E-state index in [9.17, 15) is 9.59 Å². The second-order valence-corrected chi connectivity index (χ2v) is 6.94. The molecule has 2 amide bonds. The average molecular weight is 290 g/mol. The maximum atomic E-state index is 12.3. The SMILES string of the molecule is CCC(C)(C)C(=O)Nc1ccccc1C(=O)NC(C)(C)C. The van der Waals surface area contributed by atoms with E-state index >= 15 is 0 Å². The number of para-hydroxylation sites is 1. The van der Waals surface area contributed by atoms with Crippen molar-refractivity contribution in [1.82, 2.24) is 5.32 Å². The van der Waals surface area contributed by atoms with Crippen LogP contribution in [0, 0.1) is 5.41 Å². The molecule has 1 rings (SSSR count). The average Bonchev–Trinajstić information content (AvgIpc) is 2.37. The van der Waals surface area contributed by atoms with Crippen LogP contribution in [0.4, 0.5) is 5.69 Å². The molecular formula is C17H26N2O2. The number of hydrogen-bond donors (Lipinski definition) is 2. The number of nitrogens with one attached hydrogen (secondary N) is 2. The van der Waals surface area contributed by atoms with E-state index in [-0.39, 0.29) is 17.4 Å². The monoisotopic (exact) mass is 290 g/mol. The molecule has 116 valence electrons. The lowest BCUT2D eigenvalue weighted by atomic mass is 9.89. The van der Waals surface area contributed by atoms with E-state index in [0.29, 0.717) is 11.3 Å². The van der Waals surface area contributed by atoms with E-state index in [4.69, 9.17) is 0 Å². The Morgan fingerprint density at radius 3 is 2.14 bits per heavy atom. The minimum atomic E-state index is -0.465. The van der Waals surface area contributed by atoms with Crippen molar-refractivity contribution >= 4 is 17.5 Å². The van der Waals surface area contributed by atoms with Crippen molar-refractivity contribution < 1.29 is 9.59 Å². The Labute approximate surface area is 127 Å². The van der Waals surface area contributed by atoms with Crippen LogP contribution >= 0.6 is 0 Å². The molecule has 0 atom stereocenters. The molecule has 0 unspecified atom stereocenters. The molecule has 0 aromatic heterocycles. The molecular weight excluding hydrogens is 264 g/mol. The number of hydrogen-bond acceptors (Lipinski definition) is 2. The number of amides is 2. The van der Waals surface area contributed by atoms with Crippen LogP contribution in [-0.4, -0.2) is 17.4 Å². The summed E-state index contributed by atoms with van der Waals surface area (Å²) in [5.41, 5.74) is 0.239. The molecule has 0 aliphatic rings. The highest BCUT2D eigenvalue weighted by atomic mass is 16.2. The second-order valence-electron chi connectivity index (χ2n) is 6.94.